The normalized spacial score (nSPS) is 12.5. The molecule has 0 aliphatic heterocycles. The Labute approximate surface area is 157 Å². The van der Waals surface area contributed by atoms with Gasteiger partial charge in [-0.3, -0.25) is 19.8 Å². The summed E-state index contributed by atoms with van der Waals surface area (Å²) in [5.41, 5.74) is 16.7. The van der Waals surface area contributed by atoms with Gasteiger partial charge in [0.05, 0.1) is 6.54 Å². The number of carbonyl (C=O) groups is 3. The molecule has 3 amide bonds. The number of rotatable bonds is 11. The van der Waals surface area contributed by atoms with Crippen molar-refractivity contribution in [3.63, 3.8) is 0 Å². The molecule has 0 bridgehead atoms. The summed E-state index contributed by atoms with van der Waals surface area (Å²) in [6.07, 6.45) is 0.978. The fraction of sp³-hybridized carbons (Fsp3) is 0.412. The molecule has 0 saturated carbocycles. The van der Waals surface area contributed by atoms with Gasteiger partial charge < -0.3 is 33.2 Å². The van der Waals surface area contributed by atoms with Crippen LogP contribution < -0.4 is 33.2 Å². The summed E-state index contributed by atoms with van der Waals surface area (Å²) in [6.45, 7) is 0.112. The minimum atomic E-state index is -0.903. The standard InChI is InChI=1S/C17H27N7O3/c18-10-14(25)23-13(9-11-5-2-1-3-6-11)16(27)24-12(15(19)26)7-4-8-22-17(20)21/h1-3,5-6,12-13H,4,7-10,18H2,(H2,19,26)(H,23,25)(H,24,27)(H4,20,21,22)/t12-,13-/m0/s1. The van der Waals surface area contributed by atoms with Gasteiger partial charge >= 0.3 is 0 Å². The highest BCUT2D eigenvalue weighted by Crippen LogP contribution is 2.05. The summed E-state index contributed by atoms with van der Waals surface area (Å²) >= 11 is 0. The number of hydrogen-bond donors (Lipinski definition) is 7. The molecule has 27 heavy (non-hydrogen) atoms. The van der Waals surface area contributed by atoms with Gasteiger partial charge in [0.2, 0.25) is 17.7 Å². The van der Waals surface area contributed by atoms with Crippen molar-refractivity contribution in [3.8, 4) is 0 Å². The van der Waals surface area contributed by atoms with Crippen LogP contribution in [0.1, 0.15) is 18.4 Å². The number of benzene rings is 1. The molecule has 0 spiro atoms. The maximum Gasteiger partial charge on any atom is 0.243 e. The number of primary amides is 1. The molecule has 0 aromatic heterocycles. The largest absolute Gasteiger partial charge is 0.370 e. The summed E-state index contributed by atoms with van der Waals surface area (Å²) in [5, 5.41) is 14.8. The van der Waals surface area contributed by atoms with E-state index in [9.17, 15) is 14.4 Å². The number of guanidine groups is 1. The van der Waals surface area contributed by atoms with E-state index in [2.05, 4.69) is 16.0 Å². The van der Waals surface area contributed by atoms with E-state index < -0.39 is 29.8 Å². The molecular weight excluding hydrogens is 350 g/mol. The smallest absolute Gasteiger partial charge is 0.243 e. The van der Waals surface area contributed by atoms with E-state index in [-0.39, 0.29) is 25.3 Å². The minimum absolute atomic E-state index is 0.179. The van der Waals surface area contributed by atoms with Gasteiger partial charge in [0, 0.05) is 13.0 Å². The van der Waals surface area contributed by atoms with Crippen LogP contribution >= 0.6 is 0 Å². The SMILES string of the molecule is N=C(N)NCCC[C@H](NC(=O)[C@H](Cc1ccccc1)NC(=O)CN)C(N)=O. The van der Waals surface area contributed by atoms with Gasteiger partial charge in [0.1, 0.15) is 12.1 Å². The number of amides is 3. The maximum absolute atomic E-state index is 12.6. The summed E-state index contributed by atoms with van der Waals surface area (Å²) < 4.78 is 0. The Morgan fingerprint density at radius 1 is 1.04 bits per heavy atom. The molecule has 0 saturated heterocycles. The Bertz CT molecular complexity index is 651. The summed E-state index contributed by atoms with van der Waals surface area (Å²) in [5.74, 6) is -1.87. The van der Waals surface area contributed by atoms with Crippen LogP contribution in [0.4, 0.5) is 0 Å². The van der Waals surface area contributed by atoms with Crippen LogP contribution in [0.25, 0.3) is 0 Å². The van der Waals surface area contributed by atoms with Crippen molar-refractivity contribution >= 4 is 23.7 Å². The molecule has 0 aliphatic carbocycles. The van der Waals surface area contributed by atoms with Crippen molar-refractivity contribution < 1.29 is 14.4 Å². The number of nitrogens with one attached hydrogen (secondary N) is 4. The second-order valence-corrected chi connectivity index (χ2v) is 5.96. The lowest BCUT2D eigenvalue weighted by Crippen LogP contribution is -2.54. The van der Waals surface area contributed by atoms with Gasteiger partial charge in [-0.25, -0.2) is 0 Å². The maximum atomic E-state index is 12.6. The highest BCUT2D eigenvalue weighted by Gasteiger charge is 2.25. The molecule has 148 valence electrons. The molecule has 10 heteroatoms. The monoisotopic (exact) mass is 377 g/mol. The molecule has 1 aromatic rings. The van der Waals surface area contributed by atoms with Gasteiger partial charge in [-0.05, 0) is 18.4 Å². The van der Waals surface area contributed by atoms with E-state index >= 15 is 0 Å². The summed E-state index contributed by atoms with van der Waals surface area (Å²) in [7, 11) is 0. The van der Waals surface area contributed by atoms with Crippen molar-refractivity contribution in [2.75, 3.05) is 13.1 Å². The van der Waals surface area contributed by atoms with Crippen molar-refractivity contribution in [3.05, 3.63) is 35.9 Å². The van der Waals surface area contributed by atoms with Crippen LogP contribution in [0.5, 0.6) is 0 Å². The minimum Gasteiger partial charge on any atom is -0.370 e. The van der Waals surface area contributed by atoms with Gasteiger partial charge in [0.25, 0.3) is 0 Å². The van der Waals surface area contributed by atoms with Crippen LogP contribution in [-0.2, 0) is 20.8 Å². The van der Waals surface area contributed by atoms with Gasteiger partial charge in [-0.15, -0.1) is 0 Å². The number of carbonyl (C=O) groups excluding carboxylic acids is 3. The van der Waals surface area contributed by atoms with E-state index in [1.54, 1.807) is 0 Å². The molecule has 0 aliphatic rings. The Hall–Kier alpha value is -3.14. The molecular formula is C17H27N7O3. The van der Waals surface area contributed by atoms with E-state index in [1.165, 1.54) is 0 Å². The predicted molar refractivity (Wildman–Crippen MR) is 101 cm³/mol. The molecule has 0 fully saturated rings. The molecule has 0 radical (unpaired) electrons. The van der Waals surface area contributed by atoms with E-state index in [4.69, 9.17) is 22.6 Å². The average molecular weight is 377 g/mol. The summed E-state index contributed by atoms with van der Waals surface area (Å²) in [4.78, 5) is 35.9. The first-order valence-corrected chi connectivity index (χ1v) is 8.54. The highest BCUT2D eigenvalue weighted by atomic mass is 16.2. The van der Waals surface area contributed by atoms with Crippen LogP contribution in [0, 0.1) is 5.41 Å². The van der Waals surface area contributed by atoms with E-state index in [0.717, 1.165) is 5.56 Å². The molecule has 10 nitrogen and oxygen atoms in total. The third-order valence-electron chi connectivity index (χ3n) is 3.76. The lowest BCUT2D eigenvalue weighted by Gasteiger charge is -2.22. The fourth-order valence-electron chi connectivity index (χ4n) is 2.40. The van der Waals surface area contributed by atoms with E-state index in [1.807, 2.05) is 30.3 Å². The zero-order valence-corrected chi connectivity index (χ0v) is 15.0. The zero-order valence-electron chi connectivity index (χ0n) is 15.0. The average Bonchev–Trinajstić information content (AvgIpc) is 2.63. The number of hydrogen-bond acceptors (Lipinski definition) is 5. The van der Waals surface area contributed by atoms with Crippen LogP contribution in [-0.4, -0.2) is 48.9 Å². The van der Waals surface area contributed by atoms with Gasteiger partial charge in [-0.2, -0.15) is 0 Å². The first kappa shape index (κ1) is 21.9. The van der Waals surface area contributed by atoms with Crippen molar-refractivity contribution in [1.82, 2.24) is 16.0 Å². The van der Waals surface area contributed by atoms with Crippen LogP contribution in [0.3, 0.4) is 0 Å². The molecule has 2 atom stereocenters. The lowest BCUT2D eigenvalue weighted by molar-refractivity contribution is -0.131. The molecule has 1 rings (SSSR count). The third-order valence-corrected chi connectivity index (χ3v) is 3.76. The Balaban J connectivity index is 2.74. The Morgan fingerprint density at radius 3 is 2.26 bits per heavy atom. The molecule has 10 N–H and O–H groups in total. The van der Waals surface area contributed by atoms with Gasteiger partial charge in [-0.1, -0.05) is 30.3 Å². The second-order valence-electron chi connectivity index (χ2n) is 5.96. The van der Waals surface area contributed by atoms with Crippen LogP contribution in [0.15, 0.2) is 30.3 Å². The topological polar surface area (TPSA) is 189 Å². The first-order valence-electron chi connectivity index (χ1n) is 8.54. The van der Waals surface area contributed by atoms with Gasteiger partial charge in [0.15, 0.2) is 5.96 Å². The van der Waals surface area contributed by atoms with Crippen molar-refractivity contribution in [1.29, 1.82) is 5.41 Å². The zero-order chi connectivity index (χ0) is 20.2. The molecule has 0 heterocycles. The van der Waals surface area contributed by atoms with Crippen molar-refractivity contribution in [2.45, 2.75) is 31.3 Å². The second kappa shape index (κ2) is 11.5. The Kier molecular flexibility index (Phi) is 9.30. The highest BCUT2D eigenvalue weighted by molar-refractivity contribution is 5.92. The van der Waals surface area contributed by atoms with Crippen molar-refractivity contribution in [2.24, 2.45) is 17.2 Å². The Morgan fingerprint density at radius 2 is 1.70 bits per heavy atom. The molecule has 1 aromatic carbocycles. The first-order chi connectivity index (χ1) is 12.8. The summed E-state index contributed by atoms with van der Waals surface area (Å²) in [6, 6.07) is 7.35. The fourth-order valence-corrected chi connectivity index (χ4v) is 2.40. The predicted octanol–water partition coefficient (Wildman–Crippen LogP) is -2.09. The number of nitrogens with two attached hydrogens (primary N) is 3. The quantitative estimate of drug-likeness (QED) is 0.131. The van der Waals surface area contributed by atoms with E-state index in [0.29, 0.717) is 13.0 Å². The third kappa shape index (κ3) is 8.68. The lowest BCUT2D eigenvalue weighted by atomic mass is 10.0. The van der Waals surface area contributed by atoms with Crippen LogP contribution in [0.2, 0.25) is 0 Å². The molecule has 0 unspecified atom stereocenters.